The van der Waals surface area contributed by atoms with Crippen molar-refractivity contribution in [2.75, 3.05) is 13.1 Å². The monoisotopic (exact) mass is 274 g/mol. The molecule has 0 aliphatic heterocycles. The Kier molecular flexibility index (Phi) is 7.30. The molecule has 1 amide bonds. The van der Waals surface area contributed by atoms with Crippen LogP contribution in [0.25, 0.3) is 0 Å². The van der Waals surface area contributed by atoms with E-state index in [-0.39, 0.29) is 5.91 Å². The Bertz CT molecular complexity index is 439. The van der Waals surface area contributed by atoms with E-state index in [1.165, 1.54) is 0 Å². The van der Waals surface area contributed by atoms with Crippen LogP contribution in [0.2, 0.25) is 0 Å². The molecule has 0 aliphatic rings. The van der Waals surface area contributed by atoms with E-state index in [0.717, 1.165) is 5.56 Å². The topological polar surface area (TPSA) is 69.0 Å². The number of carbonyl (C=O) groups is 1. The quantitative estimate of drug-likeness (QED) is 0.783. The minimum absolute atomic E-state index is 0.0669. The van der Waals surface area contributed by atoms with Crippen molar-refractivity contribution in [3.63, 3.8) is 0 Å². The maximum absolute atomic E-state index is 12.2. The van der Waals surface area contributed by atoms with Crippen LogP contribution >= 0.6 is 0 Å². The van der Waals surface area contributed by atoms with Crippen molar-refractivity contribution >= 4 is 5.91 Å². The fourth-order valence-corrected chi connectivity index (χ4v) is 1.81. The molecule has 20 heavy (non-hydrogen) atoms. The predicted molar refractivity (Wildman–Crippen MR) is 77.6 cm³/mol. The van der Waals surface area contributed by atoms with Gasteiger partial charge in [-0.2, -0.15) is 5.26 Å². The van der Waals surface area contributed by atoms with Gasteiger partial charge in [-0.05, 0) is 11.6 Å². The lowest BCUT2D eigenvalue weighted by Gasteiger charge is -2.22. The second kappa shape index (κ2) is 9.05. The van der Waals surface area contributed by atoms with Crippen molar-refractivity contribution in [2.24, 2.45) is 0 Å². The summed E-state index contributed by atoms with van der Waals surface area (Å²) in [4.78, 5) is 18.0. The molecular weight excluding hydrogens is 252 g/mol. The Balaban J connectivity index is 2.54. The largest absolute Gasteiger partial charge is 0.337 e. The van der Waals surface area contributed by atoms with Crippen LogP contribution in [0.1, 0.15) is 32.3 Å². The first-order valence-electron chi connectivity index (χ1n) is 6.90. The molecule has 1 heterocycles. The fourth-order valence-electron chi connectivity index (χ4n) is 1.81. The van der Waals surface area contributed by atoms with Gasteiger partial charge in [-0.15, -0.1) is 0 Å². The maximum atomic E-state index is 12.2. The van der Waals surface area contributed by atoms with Crippen LogP contribution < -0.4 is 5.32 Å². The lowest BCUT2D eigenvalue weighted by atomic mass is 10.2. The van der Waals surface area contributed by atoms with Crippen LogP contribution in [0.4, 0.5) is 0 Å². The second-order valence-corrected chi connectivity index (χ2v) is 4.94. The van der Waals surface area contributed by atoms with Crippen LogP contribution in [0, 0.1) is 11.3 Å². The van der Waals surface area contributed by atoms with E-state index in [9.17, 15) is 4.79 Å². The van der Waals surface area contributed by atoms with Gasteiger partial charge < -0.3 is 10.2 Å². The summed E-state index contributed by atoms with van der Waals surface area (Å²) in [6.07, 6.45) is 4.25. The summed E-state index contributed by atoms with van der Waals surface area (Å²) in [7, 11) is 0. The zero-order valence-corrected chi connectivity index (χ0v) is 12.2. The Morgan fingerprint density at radius 1 is 1.55 bits per heavy atom. The van der Waals surface area contributed by atoms with Gasteiger partial charge in [0.2, 0.25) is 5.91 Å². The molecule has 108 valence electrons. The van der Waals surface area contributed by atoms with Crippen LogP contribution in [-0.4, -0.2) is 34.9 Å². The zero-order chi connectivity index (χ0) is 14.8. The molecule has 0 saturated heterocycles. The highest BCUT2D eigenvalue weighted by atomic mass is 16.2. The van der Waals surface area contributed by atoms with Gasteiger partial charge in [0.1, 0.15) is 0 Å². The molecular formula is C15H22N4O. The van der Waals surface area contributed by atoms with E-state index >= 15 is 0 Å². The maximum Gasteiger partial charge on any atom is 0.224 e. The standard InChI is InChI=1S/C15H22N4O/c1-13(2)18-9-6-15(20)19(10-4-7-16)12-14-5-3-8-17-11-14/h3,5,8,11,13,18H,4,6,9-10,12H2,1-2H3. The molecule has 0 unspecified atom stereocenters. The smallest absolute Gasteiger partial charge is 0.224 e. The third-order valence-electron chi connectivity index (χ3n) is 2.83. The zero-order valence-electron chi connectivity index (χ0n) is 12.2. The van der Waals surface area contributed by atoms with Gasteiger partial charge in [-0.1, -0.05) is 19.9 Å². The van der Waals surface area contributed by atoms with Crippen molar-refractivity contribution in [1.29, 1.82) is 5.26 Å². The second-order valence-electron chi connectivity index (χ2n) is 4.94. The minimum Gasteiger partial charge on any atom is -0.337 e. The molecule has 0 bridgehead atoms. The summed E-state index contributed by atoms with van der Waals surface area (Å²) < 4.78 is 0. The third-order valence-corrected chi connectivity index (χ3v) is 2.83. The highest BCUT2D eigenvalue weighted by Crippen LogP contribution is 2.05. The normalized spacial score (nSPS) is 10.3. The number of hydrogen-bond acceptors (Lipinski definition) is 4. The number of amides is 1. The first-order valence-corrected chi connectivity index (χ1v) is 6.90. The van der Waals surface area contributed by atoms with Gasteiger partial charge in [-0.3, -0.25) is 9.78 Å². The molecule has 1 N–H and O–H groups in total. The molecule has 0 spiro atoms. The number of aromatic nitrogens is 1. The lowest BCUT2D eigenvalue weighted by molar-refractivity contribution is -0.131. The predicted octanol–water partition coefficient (Wildman–Crippen LogP) is 1.71. The number of hydrogen-bond donors (Lipinski definition) is 1. The van der Waals surface area contributed by atoms with E-state index in [0.29, 0.717) is 38.5 Å². The molecule has 1 aromatic heterocycles. The van der Waals surface area contributed by atoms with Crippen molar-refractivity contribution in [2.45, 2.75) is 39.3 Å². The van der Waals surface area contributed by atoms with Crippen LogP contribution in [0.15, 0.2) is 24.5 Å². The SMILES string of the molecule is CC(C)NCCC(=O)N(CCC#N)Cc1cccnc1. The van der Waals surface area contributed by atoms with Crippen molar-refractivity contribution in [3.8, 4) is 6.07 Å². The molecule has 0 atom stereocenters. The van der Waals surface area contributed by atoms with E-state index < -0.39 is 0 Å². The summed E-state index contributed by atoms with van der Waals surface area (Å²) in [5.41, 5.74) is 0.982. The van der Waals surface area contributed by atoms with E-state index in [1.807, 2.05) is 26.0 Å². The van der Waals surface area contributed by atoms with Gasteiger partial charge in [0, 0.05) is 44.5 Å². The Labute approximate surface area is 120 Å². The van der Waals surface area contributed by atoms with Gasteiger partial charge in [0.15, 0.2) is 0 Å². The number of pyridine rings is 1. The molecule has 0 aromatic carbocycles. The number of rotatable bonds is 8. The summed E-state index contributed by atoms with van der Waals surface area (Å²) in [5, 5.41) is 11.9. The fraction of sp³-hybridized carbons (Fsp3) is 0.533. The molecule has 0 saturated carbocycles. The number of nitrogens with one attached hydrogen (secondary N) is 1. The number of nitriles is 1. The summed E-state index contributed by atoms with van der Waals surface area (Å²) >= 11 is 0. The van der Waals surface area contributed by atoms with Gasteiger partial charge in [0.25, 0.3) is 0 Å². The average Bonchev–Trinajstić information content (AvgIpc) is 2.44. The molecule has 1 rings (SSSR count). The Morgan fingerprint density at radius 3 is 2.95 bits per heavy atom. The highest BCUT2D eigenvalue weighted by Gasteiger charge is 2.13. The van der Waals surface area contributed by atoms with Crippen molar-refractivity contribution in [3.05, 3.63) is 30.1 Å². The molecule has 5 heteroatoms. The summed E-state index contributed by atoms with van der Waals surface area (Å²) in [5.74, 6) is 0.0669. The minimum atomic E-state index is 0.0669. The molecule has 5 nitrogen and oxygen atoms in total. The first kappa shape index (κ1) is 16.1. The summed E-state index contributed by atoms with van der Waals surface area (Å²) in [6.45, 7) is 5.73. The number of nitrogens with zero attached hydrogens (tertiary/aromatic N) is 3. The van der Waals surface area contributed by atoms with Crippen molar-refractivity contribution < 1.29 is 4.79 Å². The van der Waals surface area contributed by atoms with E-state index in [1.54, 1.807) is 17.3 Å². The van der Waals surface area contributed by atoms with Crippen molar-refractivity contribution in [1.82, 2.24) is 15.2 Å². The van der Waals surface area contributed by atoms with Crippen LogP contribution in [0.3, 0.4) is 0 Å². The molecule has 1 aromatic rings. The molecule has 0 aliphatic carbocycles. The van der Waals surface area contributed by atoms with E-state index in [2.05, 4.69) is 16.4 Å². The first-order chi connectivity index (χ1) is 9.63. The van der Waals surface area contributed by atoms with Gasteiger partial charge in [-0.25, -0.2) is 0 Å². The highest BCUT2D eigenvalue weighted by molar-refractivity contribution is 5.76. The third kappa shape index (κ3) is 6.30. The Hall–Kier alpha value is -1.93. The Morgan fingerprint density at radius 2 is 2.35 bits per heavy atom. The summed E-state index contributed by atoms with van der Waals surface area (Å²) in [6, 6.07) is 6.24. The molecule has 0 fully saturated rings. The average molecular weight is 274 g/mol. The van der Waals surface area contributed by atoms with Crippen LogP contribution in [-0.2, 0) is 11.3 Å². The molecule has 0 radical (unpaired) electrons. The van der Waals surface area contributed by atoms with Crippen LogP contribution in [0.5, 0.6) is 0 Å². The van der Waals surface area contributed by atoms with Gasteiger partial charge in [0.05, 0.1) is 12.5 Å². The number of carbonyl (C=O) groups excluding carboxylic acids is 1. The lowest BCUT2D eigenvalue weighted by Crippen LogP contribution is -2.34. The van der Waals surface area contributed by atoms with E-state index in [4.69, 9.17) is 5.26 Å². The van der Waals surface area contributed by atoms with Gasteiger partial charge >= 0.3 is 0 Å².